The summed E-state index contributed by atoms with van der Waals surface area (Å²) in [6.45, 7) is 0.305. The van der Waals surface area contributed by atoms with Gasteiger partial charge in [-0.1, -0.05) is 6.92 Å². The van der Waals surface area contributed by atoms with Crippen molar-refractivity contribution in [2.75, 3.05) is 26.9 Å². The smallest absolute Gasteiger partial charge is 0.364 e. The number of hydrogen-bond acceptors (Lipinski definition) is 21. The van der Waals surface area contributed by atoms with Gasteiger partial charge in [-0.25, -0.2) is 4.79 Å². The molecule has 298 valence electrons. The SMILES string of the molecule is CO[C@@H]1OC(CO)[C@@H](O[C@@H]2O[C@@H](C)[C@@H](O)C(O)C2O)C(O[C@@H]2O[C@@H](CO)[C@H](O)C(O[C@]3(C(=O)O)C[C@@H](O)[C@@H](N)C([C@H](O)[C@H](O)CO)O3)C2O)[C@@H]1C. The van der Waals surface area contributed by atoms with Crippen LogP contribution in [0.15, 0.2) is 0 Å². The van der Waals surface area contributed by atoms with Crippen LogP contribution < -0.4 is 5.73 Å². The van der Waals surface area contributed by atoms with Crippen molar-refractivity contribution in [2.24, 2.45) is 11.7 Å². The molecule has 4 aliphatic rings. The number of aliphatic hydroxyl groups is 11. The zero-order valence-corrected chi connectivity index (χ0v) is 28.0. The number of carboxylic acids is 1. The molecule has 4 heterocycles. The van der Waals surface area contributed by atoms with E-state index in [1.807, 2.05) is 0 Å². The van der Waals surface area contributed by atoms with Gasteiger partial charge in [-0.2, -0.15) is 0 Å². The van der Waals surface area contributed by atoms with Crippen LogP contribution >= 0.6 is 0 Å². The van der Waals surface area contributed by atoms with E-state index in [2.05, 4.69) is 0 Å². The number of ether oxygens (including phenoxy) is 8. The lowest BCUT2D eigenvalue weighted by atomic mass is 9.88. The van der Waals surface area contributed by atoms with E-state index in [1.165, 1.54) is 14.0 Å². The van der Waals surface area contributed by atoms with Crippen molar-refractivity contribution >= 4 is 5.97 Å². The minimum atomic E-state index is -2.96. The Morgan fingerprint density at radius 3 is 1.96 bits per heavy atom. The van der Waals surface area contributed by atoms with Gasteiger partial charge in [-0.3, -0.25) is 0 Å². The molecule has 0 bridgehead atoms. The highest BCUT2D eigenvalue weighted by Gasteiger charge is 2.60. The number of nitrogens with two attached hydrogens (primary N) is 1. The molecule has 14 N–H and O–H groups in total. The maximum absolute atomic E-state index is 12.7. The first kappa shape index (κ1) is 42.4. The Labute approximate surface area is 291 Å². The molecule has 0 spiro atoms. The Balaban J connectivity index is 1.65. The molecule has 0 radical (unpaired) electrons. The molecule has 22 nitrogen and oxygen atoms in total. The summed E-state index contributed by atoms with van der Waals surface area (Å²) < 4.78 is 45.7. The van der Waals surface area contributed by atoms with Crippen molar-refractivity contribution in [3.05, 3.63) is 0 Å². The van der Waals surface area contributed by atoms with Crippen molar-refractivity contribution in [1.29, 1.82) is 0 Å². The second kappa shape index (κ2) is 17.4. The van der Waals surface area contributed by atoms with Crippen molar-refractivity contribution in [3.8, 4) is 0 Å². The standard InChI is InChI=1S/C29H51NO21/c1-8-21(22(13(7-33)47-25(8)44-3)49-26-19(40)18(39)15(36)9(2)45-26)48-27-20(41)24(17(38)12(6-32)46-27)51-29(28(42)43)4-10(34)14(30)23(50-29)16(37)11(35)5-31/h8-27,31-41H,4-7,30H2,1-3H3,(H,42,43)/t8-,9-,10+,11+,12-,13?,14+,15+,16+,17-,18?,19?,20?,21?,22+,23?,24?,25+,26-,27-,29-/m0/s1. The monoisotopic (exact) mass is 749 g/mol. The number of carboxylic acid groups (broad SMARTS) is 1. The Bertz CT molecular complexity index is 1130. The van der Waals surface area contributed by atoms with Gasteiger partial charge >= 0.3 is 5.97 Å². The first-order valence-corrected chi connectivity index (χ1v) is 16.4. The summed E-state index contributed by atoms with van der Waals surface area (Å²) in [5.74, 6) is -5.72. The molecule has 7 unspecified atom stereocenters. The molecule has 21 atom stereocenters. The number of carbonyl (C=O) groups is 1. The Morgan fingerprint density at radius 2 is 1.39 bits per heavy atom. The number of aliphatic hydroxyl groups excluding tert-OH is 11. The lowest BCUT2D eigenvalue weighted by Gasteiger charge is -2.51. The van der Waals surface area contributed by atoms with Crippen LogP contribution in [0.1, 0.15) is 20.3 Å². The predicted octanol–water partition coefficient (Wildman–Crippen LogP) is -7.62. The molecule has 0 aromatic heterocycles. The molecule has 0 amide bonds. The number of aliphatic carboxylic acids is 1. The van der Waals surface area contributed by atoms with E-state index < -0.39 is 160 Å². The van der Waals surface area contributed by atoms with Gasteiger partial charge in [0.25, 0.3) is 5.79 Å². The lowest BCUT2D eigenvalue weighted by molar-refractivity contribution is -0.393. The van der Waals surface area contributed by atoms with E-state index in [0.29, 0.717) is 0 Å². The lowest BCUT2D eigenvalue weighted by Crippen LogP contribution is -2.70. The van der Waals surface area contributed by atoms with Crippen LogP contribution in [-0.2, 0) is 42.7 Å². The highest BCUT2D eigenvalue weighted by Crippen LogP contribution is 2.39. The van der Waals surface area contributed by atoms with Gasteiger partial charge in [-0.05, 0) is 6.92 Å². The van der Waals surface area contributed by atoms with E-state index in [9.17, 15) is 66.1 Å². The average molecular weight is 750 g/mol. The van der Waals surface area contributed by atoms with E-state index >= 15 is 0 Å². The van der Waals surface area contributed by atoms with Gasteiger partial charge in [0.05, 0.1) is 44.2 Å². The van der Waals surface area contributed by atoms with Crippen molar-refractivity contribution in [1.82, 2.24) is 0 Å². The first-order chi connectivity index (χ1) is 24.0. The van der Waals surface area contributed by atoms with E-state index in [4.69, 9.17) is 43.6 Å². The zero-order chi connectivity index (χ0) is 38.1. The fraction of sp³-hybridized carbons (Fsp3) is 0.966. The van der Waals surface area contributed by atoms with Crippen LogP contribution in [0.4, 0.5) is 0 Å². The van der Waals surface area contributed by atoms with Crippen molar-refractivity contribution < 1.29 is 104 Å². The van der Waals surface area contributed by atoms with Gasteiger partial charge in [0.1, 0.15) is 73.2 Å². The molecule has 0 aliphatic carbocycles. The van der Waals surface area contributed by atoms with E-state index in [1.54, 1.807) is 6.92 Å². The molecule has 4 rings (SSSR count). The molecule has 4 fully saturated rings. The van der Waals surface area contributed by atoms with E-state index in [0.717, 1.165) is 0 Å². The normalized spacial score (nSPS) is 49.3. The maximum atomic E-state index is 12.7. The summed E-state index contributed by atoms with van der Waals surface area (Å²) in [7, 11) is 1.29. The molecule has 0 saturated carbocycles. The summed E-state index contributed by atoms with van der Waals surface area (Å²) in [5.41, 5.74) is 5.91. The molecule has 4 saturated heterocycles. The van der Waals surface area contributed by atoms with Crippen LogP contribution in [0.3, 0.4) is 0 Å². The minimum absolute atomic E-state index is 0.723. The fourth-order valence-corrected chi connectivity index (χ4v) is 6.65. The van der Waals surface area contributed by atoms with Crippen LogP contribution in [0.25, 0.3) is 0 Å². The largest absolute Gasteiger partial charge is 0.477 e. The Morgan fingerprint density at radius 1 is 0.804 bits per heavy atom. The molecule has 0 aromatic carbocycles. The minimum Gasteiger partial charge on any atom is -0.477 e. The molecular formula is C29H51NO21. The van der Waals surface area contributed by atoms with E-state index in [-0.39, 0.29) is 0 Å². The predicted molar refractivity (Wildman–Crippen MR) is 160 cm³/mol. The quantitative estimate of drug-likeness (QED) is 0.0831. The van der Waals surface area contributed by atoms with Crippen LogP contribution in [0, 0.1) is 5.92 Å². The molecule has 51 heavy (non-hydrogen) atoms. The Kier molecular flexibility index (Phi) is 14.5. The van der Waals surface area contributed by atoms with Crippen LogP contribution in [0.5, 0.6) is 0 Å². The second-order valence-corrected chi connectivity index (χ2v) is 13.2. The molecule has 4 aliphatic heterocycles. The fourth-order valence-electron chi connectivity index (χ4n) is 6.65. The van der Waals surface area contributed by atoms with Gasteiger partial charge in [-0.15, -0.1) is 0 Å². The molecule has 0 aromatic rings. The van der Waals surface area contributed by atoms with Gasteiger partial charge in [0.15, 0.2) is 18.9 Å². The van der Waals surface area contributed by atoms with Crippen molar-refractivity contribution in [3.63, 3.8) is 0 Å². The average Bonchev–Trinajstić information content (AvgIpc) is 3.11. The Hall–Kier alpha value is -1.33. The number of rotatable bonds is 13. The third kappa shape index (κ3) is 8.50. The first-order valence-electron chi connectivity index (χ1n) is 16.4. The summed E-state index contributed by atoms with van der Waals surface area (Å²) in [4.78, 5) is 12.7. The maximum Gasteiger partial charge on any atom is 0.364 e. The van der Waals surface area contributed by atoms with Crippen molar-refractivity contribution in [2.45, 2.75) is 143 Å². The third-order valence-electron chi connectivity index (χ3n) is 9.77. The van der Waals surface area contributed by atoms with Gasteiger partial charge in [0, 0.05) is 19.4 Å². The van der Waals surface area contributed by atoms with Gasteiger partial charge in [0.2, 0.25) is 0 Å². The summed E-state index contributed by atoms with van der Waals surface area (Å²) in [6, 6.07) is -1.50. The topological polar surface area (TPSA) is 360 Å². The summed E-state index contributed by atoms with van der Waals surface area (Å²) in [5, 5.41) is 125. The number of hydrogen-bond donors (Lipinski definition) is 13. The molecule has 22 heteroatoms. The zero-order valence-electron chi connectivity index (χ0n) is 28.0. The summed E-state index contributed by atoms with van der Waals surface area (Å²) >= 11 is 0. The third-order valence-corrected chi connectivity index (χ3v) is 9.77. The second-order valence-electron chi connectivity index (χ2n) is 13.2. The molecular weight excluding hydrogens is 698 g/mol. The highest BCUT2D eigenvalue weighted by atomic mass is 16.8. The number of methoxy groups -OCH3 is 1. The van der Waals surface area contributed by atoms with Crippen LogP contribution in [-0.4, -0.2) is 216 Å². The van der Waals surface area contributed by atoms with Gasteiger partial charge < -0.3 is 105 Å². The van der Waals surface area contributed by atoms with Crippen LogP contribution in [0.2, 0.25) is 0 Å². The summed E-state index contributed by atoms with van der Waals surface area (Å²) in [6.07, 6.45) is -30.8. The highest BCUT2D eigenvalue weighted by molar-refractivity contribution is 5.76.